The van der Waals surface area contributed by atoms with Crippen molar-refractivity contribution in [2.45, 2.75) is 386 Å². The second-order valence-electron chi connectivity index (χ2n) is 28.7. The summed E-state index contributed by atoms with van der Waals surface area (Å²) in [6.07, 6.45) is 107. The highest BCUT2D eigenvalue weighted by Crippen LogP contribution is 2.19. The molecule has 0 heterocycles. The molecule has 0 saturated carbocycles. The summed E-state index contributed by atoms with van der Waals surface area (Å²) in [4.78, 5) is 37.8. The monoisotopic (exact) mass is 1360 g/mol. The molecule has 0 aliphatic rings. The number of carboxylic acid groups (broad SMARTS) is 1. The number of unbranched alkanes of at least 4 members (excludes halogenated alkanes) is 43. The molecule has 2 atom stereocenters. The van der Waals surface area contributed by atoms with Crippen molar-refractivity contribution in [3.8, 4) is 0 Å². The maximum Gasteiger partial charge on any atom is 0.361 e. The van der Waals surface area contributed by atoms with Crippen LogP contribution >= 0.6 is 0 Å². The maximum atomic E-state index is 13.0. The molecule has 2 unspecified atom stereocenters. The third-order valence-corrected chi connectivity index (χ3v) is 18.0. The molecule has 0 saturated heterocycles. The Hall–Kier alpha value is -4.05. The molecule has 9 heteroatoms. The highest BCUT2D eigenvalue weighted by molar-refractivity contribution is 5.71. The van der Waals surface area contributed by atoms with E-state index in [1.165, 1.54) is 250 Å². The number of nitrogens with zero attached hydrogens (tertiary/aromatic N) is 1. The number of hydrogen-bond acceptors (Lipinski definition) is 7. The minimum absolute atomic E-state index is 0.180. The fourth-order valence-electron chi connectivity index (χ4n) is 11.9. The second-order valence-corrected chi connectivity index (χ2v) is 28.7. The summed E-state index contributed by atoms with van der Waals surface area (Å²) < 4.78 is 23.1. The Balaban J connectivity index is 3.97. The number of allylic oxidation sites excluding steroid dienone is 18. The Morgan fingerprint density at radius 1 is 0.309 bits per heavy atom. The van der Waals surface area contributed by atoms with E-state index in [1.807, 2.05) is 21.1 Å². The molecule has 0 aromatic rings. The number of likely N-dealkylation sites (N-methyl/N-ethyl adjacent to an activating group) is 1. The van der Waals surface area contributed by atoms with Crippen LogP contribution in [-0.4, -0.2) is 87.4 Å². The number of carbonyl (C=O) groups is 3. The predicted octanol–water partition coefficient (Wildman–Crippen LogP) is 26.5. The number of quaternary nitrogens is 1. The van der Waals surface area contributed by atoms with Crippen LogP contribution in [0.4, 0.5) is 0 Å². The molecule has 0 aliphatic carbocycles. The van der Waals surface area contributed by atoms with Crippen LogP contribution in [0, 0.1) is 0 Å². The second kappa shape index (κ2) is 77.7. The van der Waals surface area contributed by atoms with Crippen molar-refractivity contribution in [1.29, 1.82) is 0 Å². The van der Waals surface area contributed by atoms with Gasteiger partial charge in [0.25, 0.3) is 6.29 Å². The molecule has 0 spiro atoms. The summed E-state index contributed by atoms with van der Waals surface area (Å²) in [5.41, 5.74) is 0. The van der Waals surface area contributed by atoms with E-state index in [4.69, 9.17) is 18.9 Å². The van der Waals surface area contributed by atoms with Gasteiger partial charge in [-0.3, -0.25) is 9.59 Å². The summed E-state index contributed by atoms with van der Waals surface area (Å²) in [6.45, 7) is 4.70. The van der Waals surface area contributed by atoms with Gasteiger partial charge >= 0.3 is 17.9 Å². The zero-order valence-corrected chi connectivity index (χ0v) is 64.2. The van der Waals surface area contributed by atoms with Crippen LogP contribution in [0.1, 0.15) is 373 Å². The van der Waals surface area contributed by atoms with E-state index in [9.17, 15) is 19.5 Å². The highest BCUT2D eigenvalue weighted by atomic mass is 16.7. The number of aliphatic carboxylic acids is 1. The molecule has 97 heavy (non-hydrogen) atoms. The topological polar surface area (TPSA) is 108 Å². The lowest BCUT2D eigenvalue weighted by Gasteiger charge is -2.25. The first-order chi connectivity index (χ1) is 47.6. The molecule has 0 fully saturated rings. The van der Waals surface area contributed by atoms with Crippen molar-refractivity contribution in [2.75, 3.05) is 47.5 Å². The normalized spacial score (nSPS) is 13.2. The zero-order chi connectivity index (χ0) is 70.4. The quantitative estimate of drug-likeness (QED) is 0.0211. The summed E-state index contributed by atoms with van der Waals surface area (Å²) in [5, 5.41) is 9.78. The van der Waals surface area contributed by atoms with E-state index in [2.05, 4.69) is 123 Å². The molecule has 9 nitrogen and oxygen atoms in total. The molecule has 0 aromatic carbocycles. The van der Waals surface area contributed by atoms with E-state index >= 15 is 0 Å². The van der Waals surface area contributed by atoms with Crippen LogP contribution in [0.15, 0.2) is 109 Å². The molecule has 0 rings (SSSR count). The van der Waals surface area contributed by atoms with Gasteiger partial charge in [-0.2, -0.15) is 0 Å². The van der Waals surface area contributed by atoms with Crippen molar-refractivity contribution >= 4 is 17.9 Å². The first kappa shape index (κ1) is 93.0. The standard InChI is InChI=1S/C88H155NO8/c1-6-8-10-12-14-16-18-20-22-24-26-28-30-32-34-36-38-40-41-42-43-44-45-47-49-51-53-55-57-59-61-63-65-67-69-71-73-75-77-79-86(91)97-84(83-96-88(87(92)93)94-81-80-89(3,4)5)82-95-85(90)78-76-74-72-70-68-66-64-62-60-58-56-54-52-50-48-46-39-37-35-33-31-29-27-25-23-21-19-17-15-13-11-9-7-2/h8-11,14-17,20-23,26-29,32,34,84,88H,6-7,12-13,18-19,24-25,30-31,33,35-83H2,1-5H3/p+1/b10-8-,11-9-,16-14-,17-15-,22-20-,23-21-,28-26-,29-27-,34-32-. The lowest BCUT2D eigenvalue weighted by Crippen LogP contribution is -2.40. The van der Waals surface area contributed by atoms with Gasteiger partial charge in [-0.05, 0) is 96.3 Å². The maximum absolute atomic E-state index is 13.0. The molecule has 0 bridgehead atoms. The molecule has 0 aliphatic heterocycles. The molecular weight excluding hydrogens is 1200 g/mol. The Labute approximate surface area is 600 Å². The number of esters is 2. The molecule has 0 aromatic heterocycles. The molecule has 0 radical (unpaired) electrons. The summed E-state index contributed by atoms with van der Waals surface area (Å²) in [6, 6.07) is 0. The van der Waals surface area contributed by atoms with Gasteiger partial charge in [-0.1, -0.05) is 374 Å². The van der Waals surface area contributed by atoms with Gasteiger partial charge < -0.3 is 28.5 Å². The Morgan fingerprint density at radius 2 is 0.557 bits per heavy atom. The van der Waals surface area contributed by atoms with E-state index < -0.39 is 18.4 Å². The van der Waals surface area contributed by atoms with Crippen molar-refractivity contribution in [1.82, 2.24) is 0 Å². The number of hydrogen-bond donors (Lipinski definition) is 1. The van der Waals surface area contributed by atoms with Gasteiger partial charge in [0.2, 0.25) is 0 Å². The molecule has 560 valence electrons. The SMILES string of the molecule is CC/C=C\C/C=C\C/C=C\C/C=C\C/C=C\CCCCCCCCCCCCCCCCCCCCCCCCCC(=O)OC(COC(=O)CCCCCCCCCCCCCCCCCCCCCC/C=C\C/C=C\C/C=C\C/C=C\CC)COC(OCC[N+](C)(C)C)C(=O)O. The van der Waals surface area contributed by atoms with Gasteiger partial charge in [0.15, 0.2) is 6.10 Å². The first-order valence-electron chi connectivity index (χ1n) is 41.1. The van der Waals surface area contributed by atoms with Crippen molar-refractivity contribution in [3.63, 3.8) is 0 Å². The fraction of sp³-hybridized carbons (Fsp3) is 0.761. The zero-order valence-electron chi connectivity index (χ0n) is 64.2. The van der Waals surface area contributed by atoms with Crippen LogP contribution in [0.25, 0.3) is 0 Å². The van der Waals surface area contributed by atoms with E-state index in [1.54, 1.807) is 0 Å². The molecule has 0 amide bonds. The van der Waals surface area contributed by atoms with Gasteiger partial charge in [-0.25, -0.2) is 4.79 Å². The van der Waals surface area contributed by atoms with Gasteiger partial charge in [0, 0.05) is 12.8 Å². The summed E-state index contributed by atoms with van der Waals surface area (Å²) in [7, 11) is 5.99. The summed E-state index contributed by atoms with van der Waals surface area (Å²) >= 11 is 0. The average Bonchev–Trinajstić information content (AvgIpc) is 2.39. The van der Waals surface area contributed by atoms with Crippen LogP contribution in [0.2, 0.25) is 0 Å². The van der Waals surface area contributed by atoms with Gasteiger partial charge in [0.1, 0.15) is 13.2 Å². The smallest absolute Gasteiger partial charge is 0.361 e. The third-order valence-electron chi connectivity index (χ3n) is 18.0. The lowest BCUT2D eigenvalue weighted by atomic mass is 10.0. The minimum atomic E-state index is -1.51. The third kappa shape index (κ3) is 79.2. The van der Waals surface area contributed by atoms with Crippen molar-refractivity contribution in [2.24, 2.45) is 0 Å². The Morgan fingerprint density at radius 3 is 0.825 bits per heavy atom. The Bertz CT molecular complexity index is 1970. The fourth-order valence-corrected chi connectivity index (χ4v) is 11.9. The predicted molar refractivity (Wildman–Crippen MR) is 419 cm³/mol. The van der Waals surface area contributed by atoms with Gasteiger partial charge in [0.05, 0.1) is 34.4 Å². The van der Waals surface area contributed by atoms with Crippen LogP contribution in [0.5, 0.6) is 0 Å². The largest absolute Gasteiger partial charge is 0.477 e. The van der Waals surface area contributed by atoms with E-state index in [-0.39, 0.29) is 38.2 Å². The highest BCUT2D eigenvalue weighted by Gasteiger charge is 2.25. The van der Waals surface area contributed by atoms with E-state index in [0.29, 0.717) is 17.4 Å². The molecular formula is C88H156NO8+. The first-order valence-corrected chi connectivity index (χ1v) is 41.1. The average molecular weight is 1360 g/mol. The molecule has 1 N–H and O–H groups in total. The van der Waals surface area contributed by atoms with Crippen molar-refractivity contribution < 1.29 is 42.9 Å². The number of ether oxygens (including phenoxy) is 4. The number of carboxylic acids is 1. The van der Waals surface area contributed by atoms with Gasteiger partial charge in [-0.15, -0.1) is 0 Å². The summed E-state index contributed by atoms with van der Waals surface area (Å²) in [5.74, 6) is -1.98. The lowest BCUT2D eigenvalue weighted by molar-refractivity contribution is -0.870. The number of rotatable bonds is 76. The Kier molecular flexibility index (Phi) is 74.4. The van der Waals surface area contributed by atoms with Crippen LogP contribution < -0.4 is 0 Å². The van der Waals surface area contributed by atoms with Crippen LogP contribution in [0.3, 0.4) is 0 Å². The minimum Gasteiger partial charge on any atom is -0.477 e. The van der Waals surface area contributed by atoms with Crippen molar-refractivity contribution in [3.05, 3.63) is 109 Å². The van der Waals surface area contributed by atoms with E-state index in [0.717, 1.165) is 96.3 Å². The number of carbonyl (C=O) groups excluding carboxylic acids is 2. The van der Waals surface area contributed by atoms with Crippen LogP contribution in [-0.2, 0) is 33.3 Å².